The summed E-state index contributed by atoms with van der Waals surface area (Å²) in [4.78, 5) is 17.6. The van der Waals surface area contributed by atoms with Crippen molar-refractivity contribution in [1.29, 1.82) is 0 Å². The molecule has 0 radical (unpaired) electrons. The van der Waals surface area contributed by atoms with Gasteiger partial charge in [-0.25, -0.2) is 4.99 Å². The third kappa shape index (κ3) is 4.40. The van der Waals surface area contributed by atoms with Crippen molar-refractivity contribution in [3.63, 3.8) is 0 Å². The van der Waals surface area contributed by atoms with E-state index in [1.807, 2.05) is 56.3 Å². The Morgan fingerprint density at radius 1 is 1.10 bits per heavy atom. The third-order valence-electron chi connectivity index (χ3n) is 5.12. The van der Waals surface area contributed by atoms with E-state index in [1.165, 1.54) is 11.8 Å². The fraction of sp³-hybridized carbons (Fsp3) is 0.167. The second-order valence-electron chi connectivity index (χ2n) is 7.28. The minimum atomic E-state index is -0.156. The van der Waals surface area contributed by atoms with Gasteiger partial charge in [0.05, 0.1) is 17.7 Å². The van der Waals surface area contributed by atoms with E-state index in [4.69, 9.17) is 16.3 Å². The molecule has 1 saturated heterocycles. The second-order valence-corrected chi connectivity index (χ2v) is 8.71. The lowest BCUT2D eigenvalue weighted by molar-refractivity contribution is -0.115. The van der Waals surface area contributed by atoms with Gasteiger partial charge in [0.15, 0.2) is 5.17 Å². The van der Waals surface area contributed by atoms with E-state index in [0.717, 1.165) is 34.0 Å². The lowest BCUT2D eigenvalue weighted by Gasteiger charge is -2.10. The highest BCUT2D eigenvalue weighted by atomic mass is 35.5. The van der Waals surface area contributed by atoms with Crippen LogP contribution in [0.3, 0.4) is 0 Å². The fourth-order valence-corrected chi connectivity index (χ4v) is 4.46. The Hall–Kier alpha value is -2.96. The average molecular weight is 452 g/mol. The molecule has 2 aromatic carbocycles. The van der Waals surface area contributed by atoms with Crippen LogP contribution >= 0.6 is 23.4 Å². The third-order valence-corrected chi connectivity index (χ3v) is 6.44. The fourth-order valence-electron chi connectivity index (χ4n) is 3.45. The summed E-state index contributed by atoms with van der Waals surface area (Å²) in [5.41, 5.74) is 5.87. The van der Waals surface area contributed by atoms with Gasteiger partial charge in [0, 0.05) is 22.1 Å². The molecule has 7 heteroatoms. The van der Waals surface area contributed by atoms with Crippen molar-refractivity contribution < 1.29 is 9.53 Å². The standard InChI is InChI=1S/C24H22ClN3O2S/c1-14-5-6-18(13-21(14)25)26-24-27-23(29)22(31-24)12-17-11-15(2)28(16(17)3)19-7-9-20(30-4)10-8-19/h5-13H,1-4H3,(H,26,27,29)/b22-12-. The number of nitrogens with zero attached hydrogens (tertiary/aromatic N) is 2. The molecule has 158 valence electrons. The molecule has 1 aromatic heterocycles. The van der Waals surface area contributed by atoms with Crippen LogP contribution in [0.25, 0.3) is 11.8 Å². The molecule has 1 fully saturated rings. The number of ether oxygens (including phenoxy) is 1. The van der Waals surface area contributed by atoms with E-state index in [0.29, 0.717) is 20.8 Å². The monoisotopic (exact) mass is 451 g/mol. The van der Waals surface area contributed by atoms with Gasteiger partial charge in [-0.15, -0.1) is 0 Å². The Morgan fingerprint density at radius 2 is 1.84 bits per heavy atom. The first-order valence-corrected chi connectivity index (χ1v) is 10.9. The topological polar surface area (TPSA) is 55.6 Å². The van der Waals surface area contributed by atoms with Crippen LogP contribution in [-0.4, -0.2) is 22.8 Å². The zero-order valence-corrected chi connectivity index (χ0v) is 19.3. The summed E-state index contributed by atoms with van der Waals surface area (Å²) in [7, 11) is 1.65. The van der Waals surface area contributed by atoms with Crippen molar-refractivity contribution in [2.75, 3.05) is 7.11 Å². The van der Waals surface area contributed by atoms with Crippen LogP contribution in [0.2, 0.25) is 5.02 Å². The highest BCUT2D eigenvalue weighted by molar-refractivity contribution is 8.18. The number of thioether (sulfide) groups is 1. The second kappa shape index (κ2) is 8.65. The van der Waals surface area contributed by atoms with E-state index in [-0.39, 0.29) is 5.91 Å². The van der Waals surface area contributed by atoms with Gasteiger partial charge >= 0.3 is 0 Å². The van der Waals surface area contributed by atoms with E-state index in [2.05, 4.69) is 27.9 Å². The van der Waals surface area contributed by atoms with Crippen LogP contribution in [0.15, 0.2) is 58.4 Å². The number of hydrogen-bond acceptors (Lipinski definition) is 4. The predicted molar refractivity (Wildman–Crippen MR) is 129 cm³/mol. The largest absolute Gasteiger partial charge is 0.497 e. The number of aliphatic imine (C=N–C) groups is 1. The minimum absolute atomic E-state index is 0.156. The molecule has 1 N–H and O–H groups in total. The molecule has 0 atom stereocenters. The summed E-state index contributed by atoms with van der Waals surface area (Å²) in [5, 5.41) is 4.03. The summed E-state index contributed by atoms with van der Waals surface area (Å²) in [5.74, 6) is 0.658. The molecule has 3 aromatic rings. The zero-order valence-electron chi connectivity index (χ0n) is 17.7. The molecule has 0 saturated carbocycles. The number of methoxy groups -OCH3 is 1. The molecule has 1 aliphatic heterocycles. The number of rotatable bonds is 4. The molecule has 0 aliphatic carbocycles. The molecule has 0 bridgehead atoms. The Labute approximate surface area is 190 Å². The van der Waals surface area contributed by atoms with Crippen LogP contribution in [0.4, 0.5) is 5.69 Å². The predicted octanol–water partition coefficient (Wildman–Crippen LogP) is 5.96. The van der Waals surface area contributed by atoms with Gasteiger partial charge in [0.25, 0.3) is 5.91 Å². The van der Waals surface area contributed by atoms with Crippen LogP contribution in [0, 0.1) is 20.8 Å². The van der Waals surface area contributed by atoms with E-state index in [1.54, 1.807) is 13.2 Å². The number of carbonyl (C=O) groups is 1. The number of amides is 1. The molecule has 5 nitrogen and oxygen atoms in total. The van der Waals surface area contributed by atoms with Gasteiger partial charge in [0.2, 0.25) is 0 Å². The maximum absolute atomic E-state index is 12.5. The Balaban J connectivity index is 1.62. The van der Waals surface area contributed by atoms with Gasteiger partial charge in [-0.3, -0.25) is 4.79 Å². The van der Waals surface area contributed by atoms with E-state index >= 15 is 0 Å². The normalized spacial score (nSPS) is 16.2. The number of benzene rings is 2. The van der Waals surface area contributed by atoms with Crippen molar-refractivity contribution in [1.82, 2.24) is 9.88 Å². The summed E-state index contributed by atoms with van der Waals surface area (Å²) in [6, 6.07) is 15.6. The van der Waals surface area contributed by atoms with Crippen LogP contribution in [0.1, 0.15) is 22.5 Å². The van der Waals surface area contributed by atoms with Crippen LogP contribution < -0.4 is 10.1 Å². The summed E-state index contributed by atoms with van der Waals surface area (Å²) >= 11 is 7.51. The SMILES string of the molecule is COc1ccc(-n2c(C)cc(/C=C3\SC(=Nc4ccc(C)c(Cl)c4)NC3=O)c2C)cc1. The van der Waals surface area contributed by atoms with E-state index < -0.39 is 0 Å². The smallest absolute Gasteiger partial charge is 0.264 e. The van der Waals surface area contributed by atoms with Crippen molar-refractivity contribution in [3.8, 4) is 11.4 Å². The quantitative estimate of drug-likeness (QED) is 0.498. The van der Waals surface area contributed by atoms with Crippen LogP contribution in [-0.2, 0) is 4.79 Å². The molecule has 1 amide bonds. The molecule has 31 heavy (non-hydrogen) atoms. The lowest BCUT2D eigenvalue weighted by Crippen LogP contribution is -2.19. The maximum Gasteiger partial charge on any atom is 0.264 e. The number of halogens is 1. The first-order valence-electron chi connectivity index (χ1n) is 9.75. The number of aryl methyl sites for hydroxylation is 2. The van der Waals surface area contributed by atoms with Crippen molar-refractivity contribution in [2.24, 2.45) is 4.99 Å². The molecule has 2 heterocycles. The minimum Gasteiger partial charge on any atom is -0.497 e. The first-order chi connectivity index (χ1) is 14.9. The number of hydrogen-bond donors (Lipinski definition) is 1. The molecule has 1 aliphatic rings. The molecular formula is C24H22ClN3O2S. The zero-order chi connectivity index (χ0) is 22.1. The molecule has 4 rings (SSSR count). The van der Waals surface area contributed by atoms with Crippen molar-refractivity contribution in [2.45, 2.75) is 20.8 Å². The summed E-state index contributed by atoms with van der Waals surface area (Å²) in [6.45, 7) is 6.04. The van der Waals surface area contributed by atoms with Gasteiger partial charge < -0.3 is 14.6 Å². The molecule has 0 spiro atoms. The Kier molecular flexibility index (Phi) is 5.94. The number of nitrogens with one attached hydrogen (secondary N) is 1. The van der Waals surface area contributed by atoms with Gasteiger partial charge in [-0.2, -0.15) is 0 Å². The van der Waals surface area contributed by atoms with Crippen molar-refractivity contribution >= 4 is 46.2 Å². The van der Waals surface area contributed by atoms with Gasteiger partial charge in [0.1, 0.15) is 5.75 Å². The number of carbonyl (C=O) groups excluding carboxylic acids is 1. The lowest BCUT2D eigenvalue weighted by atomic mass is 10.2. The molecule has 0 unspecified atom stereocenters. The summed E-state index contributed by atoms with van der Waals surface area (Å²) < 4.78 is 7.41. The highest BCUT2D eigenvalue weighted by Crippen LogP contribution is 2.31. The van der Waals surface area contributed by atoms with Gasteiger partial charge in [-0.1, -0.05) is 17.7 Å². The summed E-state index contributed by atoms with van der Waals surface area (Å²) in [6.07, 6.45) is 1.91. The van der Waals surface area contributed by atoms with E-state index in [9.17, 15) is 4.79 Å². The Morgan fingerprint density at radius 3 is 2.52 bits per heavy atom. The first kappa shape index (κ1) is 21.3. The maximum atomic E-state index is 12.5. The van der Waals surface area contributed by atoms with Crippen molar-refractivity contribution in [3.05, 3.63) is 81.0 Å². The highest BCUT2D eigenvalue weighted by Gasteiger charge is 2.24. The van der Waals surface area contributed by atoms with Gasteiger partial charge in [-0.05, 0) is 92.2 Å². The Bertz CT molecular complexity index is 1230. The van der Waals surface area contributed by atoms with Crippen LogP contribution in [0.5, 0.6) is 5.75 Å². The molecular weight excluding hydrogens is 430 g/mol. The number of aromatic nitrogens is 1. The number of amidine groups is 1. The average Bonchev–Trinajstić information content (AvgIpc) is 3.23.